The van der Waals surface area contributed by atoms with Gasteiger partial charge in [0, 0.05) is 6.20 Å². The van der Waals surface area contributed by atoms with Crippen LogP contribution in [-0.4, -0.2) is 14.4 Å². The summed E-state index contributed by atoms with van der Waals surface area (Å²) in [7, 11) is -1.20. The van der Waals surface area contributed by atoms with Crippen LogP contribution in [-0.2, 0) is 11.0 Å². The van der Waals surface area contributed by atoms with Crippen molar-refractivity contribution in [1.29, 1.82) is 0 Å². The van der Waals surface area contributed by atoms with Gasteiger partial charge in [-0.25, -0.2) is 4.21 Å². The van der Waals surface area contributed by atoms with E-state index < -0.39 is 11.0 Å². The predicted octanol–water partition coefficient (Wildman–Crippen LogP) is 1.53. The average molecular weight is 231 g/mol. The van der Waals surface area contributed by atoms with Crippen LogP contribution in [0, 0.1) is 0 Å². The van der Waals surface area contributed by atoms with E-state index in [-0.39, 0.29) is 0 Å². The number of benzene rings is 1. The lowest BCUT2D eigenvalue weighted by atomic mass is 10.1. The first-order valence-electron chi connectivity index (χ1n) is 4.83. The maximum Gasteiger partial charge on any atom is 0.150 e. The minimum atomic E-state index is -1.20. The van der Waals surface area contributed by atoms with Gasteiger partial charge in [-0.3, -0.25) is 9.82 Å². The van der Waals surface area contributed by atoms with Crippen molar-refractivity contribution >= 4 is 22.8 Å². The first-order chi connectivity index (χ1) is 7.84. The van der Waals surface area contributed by atoms with Gasteiger partial charge in [-0.1, -0.05) is 18.2 Å². The van der Waals surface area contributed by atoms with Gasteiger partial charge in [0.2, 0.25) is 0 Å². The molecule has 0 fully saturated rings. The number of H-pyrrole nitrogens is 1. The third-order valence-corrected chi connectivity index (χ3v) is 3.59. The molecule has 0 aliphatic carbocycles. The highest BCUT2D eigenvalue weighted by molar-refractivity contribution is 7.83. The fourth-order valence-corrected chi connectivity index (χ4v) is 2.67. The van der Waals surface area contributed by atoms with Gasteiger partial charge in [0.1, 0.15) is 0 Å². The number of hydrogen-bond donors (Lipinski definition) is 2. The third kappa shape index (κ3) is 1.45. The minimum absolute atomic E-state index is 0.800. The van der Waals surface area contributed by atoms with Crippen LogP contribution in [0.1, 0.15) is 11.3 Å². The van der Waals surface area contributed by atoms with E-state index in [0.717, 1.165) is 21.8 Å². The Kier molecular flexibility index (Phi) is 2.11. The van der Waals surface area contributed by atoms with E-state index >= 15 is 0 Å². The molecule has 2 aromatic rings. The summed E-state index contributed by atoms with van der Waals surface area (Å²) in [6, 6.07) is 9.46. The van der Waals surface area contributed by atoms with Crippen molar-refractivity contribution in [2.75, 3.05) is 0 Å². The van der Waals surface area contributed by atoms with Crippen molar-refractivity contribution in [3.8, 4) is 0 Å². The van der Waals surface area contributed by atoms with E-state index in [2.05, 4.69) is 14.9 Å². The summed E-state index contributed by atoms with van der Waals surface area (Å²) < 4.78 is 14.9. The van der Waals surface area contributed by atoms with Crippen molar-refractivity contribution in [3.63, 3.8) is 0 Å². The maximum atomic E-state index is 11.9. The Morgan fingerprint density at radius 3 is 2.88 bits per heavy atom. The van der Waals surface area contributed by atoms with E-state index in [0.29, 0.717) is 0 Å². The number of aromatic nitrogens is 2. The maximum absolute atomic E-state index is 11.9. The molecule has 0 saturated heterocycles. The quantitative estimate of drug-likeness (QED) is 0.782. The normalized spacial score (nSPS) is 18.5. The van der Waals surface area contributed by atoms with Gasteiger partial charge in [-0.05, 0) is 23.8 Å². The summed E-state index contributed by atoms with van der Waals surface area (Å²) in [4.78, 5) is 0.811. The second-order valence-corrected chi connectivity index (χ2v) is 4.62. The van der Waals surface area contributed by atoms with Gasteiger partial charge < -0.3 is 0 Å². The van der Waals surface area contributed by atoms with Crippen LogP contribution in [0.3, 0.4) is 0 Å². The number of hydrogen-bond acceptors (Lipinski definition) is 2. The highest BCUT2D eigenvalue weighted by atomic mass is 32.2. The largest absolute Gasteiger partial charge is 0.299 e. The zero-order valence-electron chi connectivity index (χ0n) is 8.31. The van der Waals surface area contributed by atoms with Gasteiger partial charge in [0.15, 0.2) is 11.0 Å². The van der Waals surface area contributed by atoms with Gasteiger partial charge in [0.25, 0.3) is 0 Å². The standard InChI is InChI=1S/C11H9N3OS/c15-16-11-4-2-1-3-8(11)7-10(14-16)9-5-6-12-13-9/h1-7,14H,(H,12,13). The van der Waals surface area contributed by atoms with E-state index in [1.165, 1.54) is 0 Å². The van der Waals surface area contributed by atoms with Crippen molar-refractivity contribution < 1.29 is 4.21 Å². The Balaban J connectivity index is 2.13. The Hall–Kier alpha value is -1.88. The summed E-state index contributed by atoms with van der Waals surface area (Å²) in [6.07, 6.45) is 3.63. The summed E-state index contributed by atoms with van der Waals surface area (Å²) in [5, 5.41) is 6.72. The van der Waals surface area contributed by atoms with Crippen LogP contribution in [0.4, 0.5) is 0 Å². The van der Waals surface area contributed by atoms with Crippen LogP contribution >= 0.6 is 0 Å². The van der Waals surface area contributed by atoms with Crippen molar-refractivity contribution in [1.82, 2.24) is 14.9 Å². The second kappa shape index (κ2) is 3.61. The summed E-state index contributed by atoms with van der Waals surface area (Å²) in [5.74, 6) is 0. The predicted molar refractivity (Wildman–Crippen MR) is 62.4 cm³/mol. The molecule has 1 aromatic carbocycles. The van der Waals surface area contributed by atoms with E-state index in [4.69, 9.17) is 0 Å². The lowest BCUT2D eigenvalue weighted by Crippen LogP contribution is -2.20. The molecule has 1 atom stereocenters. The molecule has 1 aromatic heterocycles. The molecule has 3 rings (SSSR count). The Bertz CT molecular complexity index is 575. The van der Waals surface area contributed by atoms with Gasteiger partial charge >= 0.3 is 0 Å². The molecule has 2 N–H and O–H groups in total. The molecule has 0 saturated carbocycles. The Morgan fingerprint density at radius 1 is 1.19 bits per heavy atom. The molecule has 1 unspecified atom stereocenters. The molecular formula is C11H9N3OS. The van der Waals surface area contributed by atoms with Crippen LogP contribution in [0.5, 0.6) is 0 Å². The van der Waals surface area contributed by atoms with Crippen LogP contribution in [0.15, 0.2) is 41.4 Å². The topological polar surface area (TPSA) is 57.8 Å². The SMILES string of the molecule is O=S1NC(c2ccn[nH]2)=Cc2ccccc21. The first-order valence-corrected chi connectivity index (χ1v) is 5.98. The molecule has 0 bridgehead atoms. The Labute approximate surface area is 95.0 Å². The van der Waals surface area contributed by atoms with Gasteiger partial charge in [0.05, 0.1) is 16.3 Å². The van der Waals surface area contributed by atoms with Crippen molar-refractivity contribution in [2.24, 2.45) is 0 Å². The number of nitrogens with zero attached hydrogens (tertiary/aromatic N) is 1. The monoisotopic (exact) mass is 231 g/mol. The summed E-state index contributed by atoms with van der Waals surface area (Å²) in [5.41, 5.74) is 2.61. The lowest BCUT2D eigenvalue weighted by molar-refractivity contribution is 0.679. The average Bonchev–Trinajstić information content (AvgIpc) is 2.82. The molecular weight excluding hydrogens is 222 g/mol. The summed E-state index contributed by atoms with van der Waals surface area (Å²) in [6.45, 7) is 0. The van der Waals surface area contributed by atoms with Crippen LogP contribution < -0.4 is 4.72 Å². The zero-order chi connectivity index (χ0) is 11.0. The Morgan fingerprint density at radius 2 is 2.06 bits per heavy atom. The molecule has 5 heteroatoms. The third-order valence-electron chi connectivity index (χ3n) is 2.41. The molecule has 2 heterocycles. The fraction of sp³-hybridized carbons (Fsp3) is 0. The van der Waals surface area contributed by atoms with E-state index in [1.807, 2.05) is 36.4 Å². The number of aromatic amines is 1. The van der Waals surface area contributed by atoms with Crippen LogP contribution in [0.25, 0.3) is 11.8 Å². The highest BCUT2D eigenvalue weighted by Gasteiger charge is 2.17. The highest BCUT2D eigenvalue weighted by Crippen LogP contribution is 2.24. The number of nitrogens with one attached hydrogen (secondary N) is 2. The van der Waals surface area contributed by atoms with Gasteiger partial charge in [-0.2, -0.15) is 5.10 Å². The fourth-order valence-electron chi connectivity index (χ4n) is 1.65. The van der Waals surface area contributed by atoms with Gasteiger partial charge in [-0.15, -0.1) is 0 Å². The summed E-state index contributed by atoms with van der Waals surface area (Å²) >= 11 is 0. The number of fused-ring (bicyclic) bond motifs is 1. The molecule has 1 aliphatic rings. The molecule has 80 valence electrons. The molecule has 1 aliphatic heterocycles. The smallest absolute Gasteiger partial charge is 0.150 e. The molecule has 4 nitrogen and oxygen atoms in total. The van der Waals surface area contributed by atoms with Crippen LogP contribution in [0.2, 0.25) is 0 Å². The number of rotatable bonds is 1. The first kappa shape index (κ1) is 9.35. The van der Waals surface area contributed by atoms with Crippen molar-refractivity contribution in [2.45, 2.75) is 4.90 Å². The van der Waals surface area contributed by atoms with E-state index in [9.17, 15) is 4.21 Å². The molecule has 16 heavy (non-hydrogen) atoms. The molecule has 0 spiro atoms. The van der Waals surface area contributed by atoms with E-state index in [1.54, 1.807) is 6.20 Å². The minimum Gasteiger partial charge on any atom is -0.299 e. The molecule has 0 radical (unpaired) electrons. The molecule has 0 amide bonds. The lowest BCUT2D eigenvalue weighted by Gasteiger charge is -2.16. The zero-order valence-corrected chi connectivity index (χ0v) is 9.12. The second-order valence-electron chi connectivity index (χ2n) is 3.44. The van der Waals surface area contributed by atoms with Crippen molar-refractivity contribution in [3.05, 3.63) is 47.8 Å².